The average molecular weight is 406 g/mol. The highest BCUT2D eigenvalue weighted by atomic mass is 32.2. The maximum Gasteiger partial charge on any atom is 0.383 e. The second kappa shape index (κ2) is 9.35. The van der Waals surface area contributed by atoms with Gasteiger partial charge in [0.2, 0.25) is 0 Å². The molecule has 0 aliphatic heterocycles. The molecule has 0 fully saturated rings. The van der Waals surface area contributed by atoms with Gasteiger partial charge >= 0.3 is 18.3 Å². The van der Waals surface area contributed by atoms with Crippen molar-refractivity contribution in [2.75, 3.05) is 25.6 Å². The predicted molar refractivity (Wildman–Crippen MR) is 73.2 cm³/mol. The number of rotatable bonds is 13. The molecule has 25 heavy (non-hydrogen) atoms. The number of hydrogen-bond donors (Lipinski definition) is 1. The first-order valence-corrected chi connectivity index (χ1v) is 8.65. The van der Waals surface area contributed by atoms with Gasteiger partial charge in [0.15, 0.2) is 5.75 Å². The van der Waals surface area contributed by atoms with E-state index >= 15 is 0 Å². The summed E-state index contributed by atoms with van der Waals surface area (Å²) in [5.74, 6) is -2.17. The molecule has 0 heterocycles. The van der Waals surface area contributed by atoms with Crippen LogP contribution in [0.25, 0.3) is 0 Å². The highest BCUT2D eigenvalue weighted by Crippen LogP contribution is 2.29. The smallest absolute Gasteiger partial charge is 0.363 e. The van der Waals surface area contributed by atoms with Gasteiger partial charge in [0.1, 0.15) is 13.2 Å². The molecule has 13 heteroatoms. The van der Waals surface area contributed by atoms with Crippen LogP contribution in [-0.2, 0) is 24.3 Å². The fourth-order valence-corrected chi connectivity index (χ4v) is 2.02. The topological polar surface area (TPSA) is 82.1 Å². The van der Waals surface area contributed by atoms with Gasteiger partial charge in [-0.15, -0.1) is 0 Å². The van der Waals surface area contributed by atoms with E-state index < -0.39 is 47.4 Å². The van der Waals surface area contributed by atoms with Crippen molar-refractivity contribution in [3.05, 3.63) is 0 Å². The van der Waals surface area contributed by atoms with Crippen molar-refractivity contribution in [3.63, 3.8) is 0 Å². The summed E-state index contributed by atoms with van der Waals surface area (Å²) in [6.45, 7) is -0.271. The van der Waals surface area contributed by atoms with E-state index in [2.05, 4.69) is 14.2 Å². The minimum Gasteiger partial charge on any atom is -0.363 e. The van der Waals surface area contributed by atoms with Gasteiger partial charge in [0.25, 0.3) is 10.1 Å². The van der Waals surface area contributed by atoms with E-state index in [4.69, 9.17) is 4.55 Å². The second-order valence-corrected chi connectivity index (χ2v) is 7.07. The lowest BCUT2D eigenvalue weighted by Crippen LogP contribution is -2.41. The number of alkyl halides is 6. The number of hydrogen-bond acceptors (Lipinski definition) is 5. The highest BCUT2D eigenvalue weighted by Gasteiger charge is 2.47. The third-order valence-electron chi connectivity index (χ3n) is 2.43. The third-order valence-corrected chi connectivity index (χ3v) is 3.13. The van der Waals surface area contributed by atoms with E-state index in [1.807, 2.05) is 13.8 Å². The van der Waals surface area contributed by atoms with E-state index in [-0.39, 0.29) is 12.5 Å². The Kier molecular flexibility index (Phi) is 9.11. The Labute approximate surface area is 141 Å². The first kappa shape index (κ1) is 24.4. The second-order valence-electron chi connectivity index (χ2n) is 5.62. The van der Waals surface area contributed by atoms with Gasteiger partial charge < -0.3 is 9.47 Å². The van der Waals surface area contributed by atoms with Gasteiger partial charge in [0, 0.05) is 0 Å². The molecule has 0 saturated carbocycles. The zero-order valence-corrected chi connectivity index (χ0v) is 14.3. The van der Waals surface area contributed by atoms with Gasteiger partial charge in [-0.05, 0) is 18.8 Å². The molecule has 0 spiro atoms. The Morgan fingerprint density at radius 3 is 1.96 bits per heavy atom. The van der Waals surface area contributed by atoms with Crippen molar-refractivity contribution in [2.45, 2.75) is 45.0 Å². The molecule has 0 atom stereocenters. The van der Waals surface area contributed by atoms with E-state index in [1.54, 1.807) is 0 Å². The Morgan fingerprint density at radius 1 is 0.960 bits per heavy atom. The number of ether oxygens (including phenoxy) is 3. The van der Waals surface area contributed by atoms with Crippen LogP contribution in [0.15, 0.2) is 0 Å². The zero-order valence-electron chi connectivity index (χ0n) is 13.5. The summed E-state index contributed by atoms with van der Waals surface area (Å²) in [5.41, 5.74) is 0. The van der Waals surface area contributed by atoms with Crippen LogP contribution in [0.3, 0.4) is 0 Å². The van der Waals surface area contributed by atoms with Gasteiger partial charge in [-0.2, -0.15) is 34.8 Å². The molecule has 1 N–H and O–H groups in total. The predicted octanol–water partition coefficient (Wildman–Crippen LogP) is 3.14. The van der Waals surface area contributed by atoms with E-state index in [0.717, 1.165) is 0 Å². The normalized spacial score (nSPS) is 14.3. The summed E-state index contributed by atoms with van der Waals surface area (Å²) in [6, 6.07) is 0. The highest BCUT2D eigenvalue weighted by molar-refractivity contribution is 7.85. The third kappa shape index (κ3) is 14.2. The maximum absolute atomic E-state index is 13.2. The molecule has 0 unspecified atom stereocenters. The standard InChI is InChI=1S/C12H20F6O6S/c1-9(2)4-3-5-23-10(13,14)6-22-7-11(15,16)24-12(17,18)8-25(19,20)21/h9H,3-8H2,1-2H3,(H,19,20,21). The van der Waals surface area contributed by atoms with Crippen molar-refractivity contribution >= 4 is 10.1 Å². The average Bonchev–Trinajstić information content (AvgIpc) is 2.28. The van der Waals surface area contributed by atoms with Crippen LogP contribution in [0.2, 0.25) is 0 Å². The molecule has 0 aromatic carbocycles. The molecule has 6 nitrogen and oxygen atoms in total. The molecule has 0 bridgehead atoms. The lowest BCUT2D eigenvalue weighted by molar-refractivity contribution is -0.381. The monoisotopic (exact) mass is 406 g/mol. The van der Waals surface area contributed by atoms with Crippen molar-refractivity contribution in [1.29, 1.82) is 0 Å². The molecule has 0 radical (unpaired) electrons. The summed E-state index contributed by atoms with van der Waals surface area (Å²) in [7, 11) is -5.31. The van der Waals surface area contributed by atoms with E-state index in [9.17, 15) is 34.8 Å². The van der Waals surface area contributed by atoms with Gasteiger partial charge in [0.05, 0.1) is 6.61 Å². The minimum atomic E-state index is -5.31. The number of halogens is 6. The van der Waals surface area contributed by atoms with Crippen molar-refractivity contribution < 1.29 is 53.5 Å². The Hall–Kier alpha value is -0.630. The molecule has 0 rings (SSSR count). The Balaban J connectivity index is 4.31. The van der Waals surface area contributed by atoms with Crippen LogP contribution in [-0.4, -0.2) is 56.9 Å². The summed E-state index contributed by atoms with van der Waals surface area (Å²) >= 11 is 0. The van der Waals surface area contributed by atoms with Crippen molar-refractivity contribution in [3.8, 4) is 0 Å². The lowest BCUT2D eigenvalue weighted by Gasteiger charge is -2.23. The maximum atomic E-state index is 13.2. The Morgan fingerprint density at radius 2 is 1.48 bits per heavy atom. The van der Waals surface area contributed by atoms with Gasteiger partial charge in [-0.1, -0.05) is 13.8 Å². The summed E-state index contributed by atoms with van der Waals surface area (Å²) in [5, 5.41) is 0. The van der Waals surface area contributed by atoms with Gasteiger partial charge in [-0.25, -0.2) is 0 Å². The molecular formula is C12H20F6O6S. The summed E-state index contributed by atoms with van der Waals surface area (Å²) in [4.78, 5) is 0. The first-order chi connectivity index (χ1) is 11.0. The van der Waals surface area contributed by atoms with E-state index in [0.29, 0.717) is 12.8 Å². The summed E-state index contributed by atoms with van der Waals surface area (Å²) < 4.78 is 118. The quantitative estimate of drug-likeness (QED) is 0.288. The fourth-order valence-electron chi connectivity index (χ4n) is 1.53. The molecule has 152 valence electrons. The molecule has 0 aliphatic carbocycles. The molecule has 0 aromatic rings. The minimum absolute atomic E-state index is 0.258. The van der Waals surface area contributed by atoms with Crippen LogP contribution in [0.1, 0.15) is 26.7 Å². The Bertz CT molecular complexity index is 496. The van der Waals surface area contributed by atoms with Crippen LogP contribution in [0.4, 0.5) is 26.3 Å². The van der Waals surface area contributed by atoms with Crippen molar-refractivity contribution in [1.82, 2.24) is 0 Å². The first-order valence-electron chi connectivity index (χ1n) is 7.04. The molecule has 0 saturated heterocycles. The van der Waals surface area contributed by atoms with Gasteiger partial charge in [-0.3, -0.25) is 9.29 Å². The van der Waals surface area contributed by atoms with Crippen LogP contribution in [0, 0.1) is 5.92 Å². The summed E-state index contributed by atoms with van der Waals surface area (Å²) in [6.07, 6.45) is -12.7. The van der Waals surface area contributed by atoms with Crippen LogP contribution >= 0.6 is 0 Å². The molecule has 0 aromatic heterocycles. The molecule has 0 amide bonds. The van der Waals surface area contributed by atoms with Crippen LogP contribution in [0.5, 0.6) is 0 Å². The largest absolute Gasteiger partial charge is 0.383 e. The van der Waals surface area contributed by atoms with Crippen LogP contribution < -0.4 is 0 Å². The lowest BCUT2D eigenvalue weighted by atomic mass is 10.1. The molecule has 0 aliphatic rings. The fraction of sp³-hybridized carbons (Fsp3) is 1.00. The van der Waals surface area contributed by atoms with E-state index in [1.165, 1.54) is 0 Å². The van der Waals surface area contributed by atoms with Crippen molar-refractivity contribution in [2.24, 2.45) is 5.92 Å². The molecular weight excluding hydrogens is 386 g/mol. The SMILES string of the molecule is CC(C)CCCOC(F)(F)COCC(F)(F)OC(F)(F)CS(=O)(=O)O. The zero-order chi connectivity index (χ0) is 19.9.